The molecule has 1 unspecified atom stereocenters. The molecule has 0 saturated carbocycles. The fourth-order valence-electron chi connectivity index (χ4n) is 3.85. The minimum absolute atomic E-state index is 0.236. The Morgan fingerprint density at radius 3 is 2.53 bits per heavy atom. The molecule has 2 amide bonds. The number of likely N-dealkylation sites (N-methyl/N-ethyl adjacent to an activating group) is 2. The zero-order valence-electron chi connectivity index (χ0n) is 17.6. The molecule has 164 valence electrons. The van der Waals surface area contributed by atoms with E-state index in [0.29, 0.717) is 40.0 Å². The molecule has 30 heavy (non-hydrogen) atoms. The first kappa shape index (κ1) is 22.9. The fourth-order valence-corrected chi connectivity index (χ4v) is 4.27. The van der Waals surface area contributed by atoms with Crippen molar-refractivity contribution in [2.45, 2.75) is 19.9 Å². The number of piperazine rings is 1. The zero-order chi connectivity index (χ0) is 21.8. The minimum Gasteiger partial charge on any atom is -0.463 e. The molecular weight excluding hydrogens is 427 g/mol. The second-order valence-electron chi connectivity index (χ2n) is 7.43. The Morgan fingerprint density at radius 1 is 1.20 bits per heavy atom. The van der Waals surface area contributed by atoms with Crippen molar-refractivity contribution in [2.24, 2.45) is 0 Å². The van der Waals surface area contributed by atoms with E-state index >= 15 is 0 Å². The first-order valence-electron chi connectivity index (χ1n) is 10.2. The summed E-state index contributed by atoms with van der Waals surface area (Å²) in [6.45, 7) is 8.40. The van der Waals surface area contributed by atoms with Crippen LogP contribution in [0.3, 0.4) is 0 Å². The lowest BCUT2D eigenvalue weighted by atomic mass is 9.94. The summed E-state index contributed by atoms with van der Waals surface area (Å²) in [5.41, 5.74) is 1.64. The smallest absolute Gasteiger partial charge is 0.338 e. The van der Waals surface area contributed by atoms with Gasteiger partial charge in [0.05, 0.1) is 28.3 Å². The third-order valence-corrected chi connectivity index (χ3v) is 6.35. The Morgan fingerprint density at radius 2 is 1.90 bits per heavy atom. The predicted molar refractivity (Wildman–Crippen MR) is 118 cm³/mol. The van der Waals surface area contributed by atoms with Gasteiger partial charge >= 0.3 is 12.0 Å². The topological polar surface area (TPSA) is 65.1 Å². The van der Waals surface area contributed by atoms with Crippen LogP contribution < -0.4 is 5.32 Å². The van der Waals surface area contributed by atoms with Gasteiger partial charge in [0.1, 0.15) is 0 Å². The van der Waals surface area contributed by atoms with E-state index in [-0.39, 0.29) is 12.6 Å². The lowest BCUT2D eigenvalue weighted by Crippen LogP contribution is -2.52. The number of nitrogens with zero attached hydrogens (tertiary/aromatic N) is 3. The maximum absolute atomic E-state index is 13.1. The molecule has 0 bridgehead atoms. The number of hydrogen-bond acceptors (Lipinski definition) is 5. The van der Waals surface area contributed by atoms with Crippen LogP contribution in [0.1, 0.15) is 25.5 Å². The van der Waals surface area contributed by atoms with E-state index in [0.717, 1.165) is 26.2 Å². The van der Waals surface area contributed by atoms with Crippen LogP contribution in [-0.4, -0.2) is 79.6 Å². The highest BCUT2D eigenvalue weighted by Gasteiger charge is 2.39. The number of urea groups is 1. The molecule has 7 nitrogen and oxygen atoms in total. The van der Waals surface area contributed by atoms with E-state index in [9.17, 15) is 9.59 Å². The van der Waals surface area contributed by atoms with Gasteiger partial charge in [0, 0.05) is 45.0 Å². The number of esters is 1. The van der Waals surface area contributed by atoms with Gasteiger partial charge in [-0.1, -0.05) is 35.3 Å². The van der Waals surface area contributed by atoms with Crippen molar-refractivity contribution < 1.29 is 14.3 Å². The number of amides is 2. The number of ether oxygens (including phenoxy) is 1. The van der Waals surface area contributed by atoms with Crippen LogP contribution in [0.25, 0.3) is 0 Å². The molecule has 3 rings (SSSR count). The van der Waals surface area contributed by atoms with Gasteiger partial charge in [-0.3, -0.25) is 9.80 Å². The maximum atomic E-state index is 13.1. The maximum Gasteiger partial charge on any atom is 0.338 e. The van der Waals surface area contributed by atoms with Gasteiger partial charge in [-0.25, -0.2) is 9.59 Å². The number of carbonyl (C=O) groups is 2. The van der Waals surface area contributed by atoms with Gasteiger partial charge in [0.25, 0.3) is 0 Å². The van der Waals surface area contributed by atoms with E-state index in [1.807, 2.05) is 6.92 Å². The van der Waals surface area contributed by atoms with Crippen LogP contribution in [0.4, 0.5) is 4.79 Å². The molecule has 1 atom stereocenters. The van der Waals surface area contributed by atoms with Crippen molar-refractivity contribution in [3.8, 4) is 0 Å². The third kappa shape index (κ3) is 4.75. The number of nitrogens with one attached hydrogen (secondary N) is 1. The average molecular weight is 455 g/mol. The fraction of sp³-hybridized carbons (Fsp3) is 0.524. The average Bonchev–Trinajstić information content (AvgIpc) is 2.71. The lowest BCUT2D eigenvalue weighted by Gasteiger charge is -2.40. The molecule has 1 fully saturated rings. The number of carbonyl (C=O) groups excluding carboxylic acids is 2. The van der Waals surface area contributed by atoms with Crippen molar-refractivity contribution in [3.63, 3.8) is 0 Å². The first-order valence-corrected chi connectivity index (χ1v) is 11.0. The summed E-state index contributed by atoms with van der Waals surface area (Å²) >= 11 is 12.7. The van der Waals surface area contributed by atoms with Crippen molar-refractivity contribution in [2.75, 3.05) is 52.9 Å². The van der Waals surface area contributed by atoms with Crippen LogP contribution in [0.5, 0.6) is 0 Å². The van der Waals surface area contributed by atoms with E-state index in [4.69, 9.17) is 27.9 Å². The highest BCUT2D eigenvalue weighted by molar-refractivity contribution is 6.42. The molecule has 0 radical (unpaired) electrons. The predicted octanol–water partition coefficient (Wildman–Crippen LogP) is 3.14. The monoisotopic (exact) mass is 454 g/mol. The van der Waals surface area contributed by atoms with Crippen LogP contribution >= 0.6 is 23.2 Å². The summed E-state index contributed by atoms with van der Waals surface area (Å²) in [6, 6.07) is 4.21. The summed E-state index contributed by atoms with van der Waals surface area (Å²) < 4.78 is 5.39. The third-order valence-electron chi connectivity index (χ3n) is 5.51. The number of benzene rings is 1. The number of rotatable bonds is 6. The van der Waals surface area contributed by atoms with E-state index in [1.165, 1.54) is 0 Å². The van der Waals surface area contributed by atoms with Gasteiger partial charge in [-0.15, -0.1) is 0 Å². The Balaban J connectivity index is 2.10. The van der Waals surface area contributed by atoms with Crippen molar-refractivity contribution in [1.82, 2.24) is 20.0 Å². The molecule has 1 aromatic rings. The van der Waals surface area contributed by atoms with Gasteiger partial charge in [0.2, 0.25) is 0 Å². The summed E-state index contributed by atoms with van der Waals surface area (Å²) in [5, 5.41) is 3.60. The molecule has 1 N–H and O–H groups in total. The number of hydrogen-bond donors (Lipinski definition) is 1. The summed E-state index contributed by atoms with van der Waals surface area (Å²) in [4.78, 5) is 32.2. The largest absolute Gasteiger partial charge is 0.463 e. The molecule has 2 aliphatic rings. The molecule has 9 heteroatoms. The van der Waals surface area contributed by atoms with Crippen LogP contribution in [0.15, 0.2) is 29.5 Å². The molecular formula is C21H28Cl2N4O3. The molecule has 1 aromatic carbocycles. The Kier molecular flexibility index (Phi) is 7.63. The van der Waals surface area contributed by atoms with Gasteiger partial charge in [-0.05, 0) is 32.5 Å². The van der Waals surface area contributed by atoms with Crippen LogP contribution in [-0.2, 0) is 9.53 Å². The quantitative estimate of drug-likeness (QED) is 0.668. The first-order chi connectivity index (χ1) is 14.4. The molecule has 0 aliphatic carbocycles. The Bertz CT molecular complexity index is 838. The summed E-state index contributed by atoms with van der Waals surface area (Å²) in [5.74, 6) is -0.457. The molecule has 0 aromatic heterocycles. The van der Waals surface area contributed by atoms with E-state index in [2.05, 4.69) is 22.2 Å². The zero-order valence-corrected chi connectivity index (χ0v) is 19.1. The van der Waals surface area contributed by atoms with Crippen LogP contribution in [0, 0.1) is 0 Å². The lowest BCUT2D eigenvalue weighted by molar-refractivity contribution is -0.139. The minimum atomic E-state index is -0.729. The Hall–Kier alpha value is -1.80. The summed E-state index contributed by atoms with van der Waals surface area (Å²) in [6.07, 6.45) is 0. The Labute approximate surface area is 187 Å². The molecule has 0 spiro atoms. The van der Waals surface area contributed by atoms with Gasteiger partial charge in [0.15, 0.2) is 0 Å². The van der Waals surface area contributed by atoms with Crippen molar-refractivity contribution >= 4 is 35.2 Å². The summed E-state index contributed by atoms with van der Waals surface area (Å²) in [7, 11) is 2.09. The molecule has 2 aliphatic heterocycles. The van der Waals surface area contributed by atoms with E-state index in [1.54, 1.807) is 30.0 Å². The highest BCUT2D eigenvalue weighted by Crippen LogP contribution is 2.37. The molecule has 1 saturated heterocycles. The number of halogens is 2. The van der Waals surface area contributed by atoms with E-state index < -0.39 is 12.0 Å². The second kappa shape index (κ2) is 10.0. The normalized spacial score (nSPS) is 21.0. The second-order valence-corrected chi connectivity index (χ2v) is 8.22. The standard InChI is InChI=1S/C21H28Cl2N4O3/c1-4-27-16(13-26-11-9-25(3)10-12-26)17(20(28)30-5-2)19(24-21(27)29)14-7-6-8-15(22)18(14)23/h6-8,19H,4-5,9-13H2,1-3H3,(H,24,29). The van der Waals surface area contributed by atoms with Gasteiger partial charge < -0.3 is 15.0 Å². The molecule has 2 heterocycles. The van der Waals surface area contributed by atoms with Crippen LogP contribution in [0.2, 0.25) is 10.0 Å². The SMILES string of the molecule is CCOC(=O)C1=C(CN2CCN(C)CC2)N(CC)C(=O)NC1c1cccc(Cl)c1Cl. The van der Waals surface area contributed by atoms with Crippen molar-refractivity contribution in [1.29, 1.82) is 0 Å². The van der Waals surface area contributed by atoms with Gasteiger partial charge in [-0.2, -0.15) is 0 Å². The van der Waals surface area contributed by atoms with Crippen molar-refractivity contribution in [3.05, 3.63) is 45.1 Å². The highest BCUT2D eigenvalue weighted by atomic mass is 35.5.